The van der Waals surface area contributed by atoms with Crippen molar-refractivity contribution in [1.29, 1.82) is 0 Å². The first-order valence-corrected chi connectivity index (χ1v) is 15.4. The Morgan fingerprint density at radius 1 is 1.23 bits per heavy atom. The number of aliphatic hydroxyl groups is 3. The Hall–Kier alpha value is -1.92. The van der Waals surface area contributed by atoms with E-state index in [4.69, 9.17) is 4.74 Å². The van der Waals surface area contributed by atoms with Gasteiger partial charge in [0, 0.05) is 11.8 Å². The van der Waals surface area contributed by atoms with Crippen molar-refractivity contribution in [2.45, 2.75) is 118 Å². The van der Waals surface area contributed by atoms with Crippen LogP contribution < -0.4 is 0 Å². The van der Waals surface area contributed by atoms with E-state index >= 15 is 0 Å². The average Bonchev–Trinajstić information content (AvgIpc) is 3.22. The molecule has 0 amide bonds. The minimum Gasteiger partial charge on any atom is -0.504 e. The van der Waals surface area contributed by atoms with Gasteiger partial charge in [-0.25, -0.2) is 0 Å². The third-order valence-corrected chi connectivity index (χ3v) is 11.4. The summed E-state index contributed by atoms with van der Waals surface area (Å²) in [6.07, 6.45) is 6.23. The molecule has 0 heterocycles. The van der Waals surface area contributed by atoms with Crippen molar-refractivity contribution in [1.82, 2.24) is 0 Å². The fraction of sp³-hybridized carbons (Fsp3) is 0.765. The molecule has 4 aliphatic rings. The SMILES string of the molecule is C=C1[C@@H]2C[C@@H]3[C@H](C(C)C)[C@@H](OC(=O)CC(C)(O)CC(C)CC)C[C@@]3(C)C[C@H]2C(C)=CC[C@@H]2C(C)=C(O)C(=O)[C@]12O. The molecule has 0 saturated heterocycles. The largest absolute Gasteiger partial charge is 0.504 e. The van der Waals surface area contributed by atoms with Crippen LogP contribution in [0.25, 0.3) is 0 Å². The third kappa shape index (κ3) is 5.12. The molecule has 2 fully saturated rings. The predicted molar refractivity (Wildman–Crippen MR) is 156 cm³/mol. The Morgan fingerprint density at radius 3 is 2.48 bits per heavy atom. The number of rotatable bonds is 7. The summed E-state index contributed by atoms with van der Waals surface area (Å²) in [5, 5.41) is 33.3. The number of ether oxygens (including phenoxy) is 1. The van der Waals surface area contributed by atoms with Crippen molar-refractivity contribution in [2.75, 3.05) is 0 Å². The molecule has 224 valence electrons. The maximum absolute atomic E-state index is 13.2. The third-order valence-electron chi connectivity index (χ3n) is 11.4. The van der Waals surface area contributed by atoms with E-state index in [1.165, 1.54) is 5.57 Å². The van der Waals surface area contributed by atoms with Gasteiger partial charge in [0.25, 0.3) is 0 Å². The number of esters is 1. The fourth-order valence-electron chi connectivity index (χ4n) is 9.05. The van der Waals surface area contributed by atoms with Gasteiger partial charge in [-0.1, -0.05) is 59.3 Å². The molecule has 0 aromatic carbocycles. The Balaban J connectivity index is 1.61. The monoisotopic (exact) mass is 556 g/mol. The fourth-order valence-corrected chi connectivity index (χ4v) is 9.05. The zero-order valence-corrected chi connectivity index (χ0v) is 25.9. The molecule has 2 unspecified atom stereocenters. The second kappa shape index (κ2) is 10.7. The summed E-state index contributed by atoms with van der Waals surface area (Å²) in [4.78, 5) is 26.4. The van der Waals surface area contributed by atoms with Gasteiger partial charge in [-0.2, -0.15) is 0 Å². The number of allylic oxidation sites excluding steroid dienone is 2. The van der Waals surface area contributed by atoms with E-state index in [1.807, 2.05) is 0 Å². The van der Waals surface area contributed by atoms with Crippen LogP contribution >= 0.6 is 0 Å². The van der Waals surface area contributed by atoms with E-state index < -0.39 is 22.9 Å². The summed E-state index contributed by atoms with van der Waals surface area (Å²) in [5.41, 5.74) is -0.670. The second-order valence-electron chi connectivity index (χ2n) is 14.7. The zero-order chi connectivity index (χ0) is 29.9. The number of carbonyl (C=O) groups excluding carboxylic acids is 2. The van der Waals surface area contributed by atoms with Crippen molar-refractivity contribution in [2.24, 2.45) is 46.8 Å². The first kappa shape index (κ1) is 31.0. The molecule has 0 bridgehead atoms. The van der Waals surface area contributed by atoms with Crippen molar-refractivity contribution < 1.29 is 29.6 Å². The normalized spacial score (nSPS) is 40.0. The number of hydrogen-bond donors (Lipinski definition) is 3. The van der Waals surface area contributed by atoms with Gasteiger partial charge in [0.15, 0.2) is 11.4 Å². The lowest BCUT2D eigenvalue weighted by Gasteiger charge is -2.51. The molecular formula is C34H52O6. The highest BCUT2D eigenvalue weighted by Gasteiger charge is 2.62. The van der Waals surface area contributed by atoms with Crippen LogP contribution in [0.4, 0.5) is 0 Å². The van der Waals surface area contributed by atoms with Crippen LogP contribution in [-0.4, -0.2) is 44.4 Å². The highest BCUT2D eigenvalue weighted by Crippen LogP contribution is 2.63. The van der Waals surface area contributed by atoms with Crippen LogP contribution in [0.3, 0.4) is 0 Å². The quantitative estimate of drug-likeness (QED) is 0.245. The Labute approximate surface area is 241 Å². The molecule has 0 aromatic rings. The van der Waals surface area contributed by atoms with E-state index in [9.17, 15) is 24.9 Å². The van der Waals surface area contributed by atoms with Gasteiger partial charge in [0.05, 0.1) is 12.0 Å². The molecule has 0 spiro atoms. The lowest BCUT2D eigenvalue weighted by molar-refractivity contribution is -0.157. The number of hydrogen-bond acceptors (Lipinski definition) is 6. The van der Waals surface area contributed by atoms with Gasteiger partial charge in [-0.15, -0.1) is 0 Å². The molecule has 0 radical (unpaired) electrons. The van der Waals surface area contributed by atoms with Gasteiger partial charge in [0.2, 0.25) is 5.78 Å². The molecule has 10 atom stereocenters. The molecule has 0 aromatic heterocycles. The number of carbonyl (C=O) groups is 2. The van der Waals surface area contributed by atoms with Crippen LogP contribution in [0.2, 0.25) is 0 Å². The molecule has 6 heteroatoms. The molecule has 2 saturated carbocycles. The Bertz CT molecular complexity index is 1110. The summed E-state index contributed by atoms with van der Waals surface area (Å²) in [7, 11) is 0. The van der Waals surface area contributed by atoms with E-state index in [0.29, 0.717) is 29.9 Å². The highest BCUT2D eigenvalue weighted by atomic mass is 16.5. The predicted octanol–water partition coefficient (Wildman–Crippen LogP) is 6.47. The van der Waals surface area contributed by atoms with Gasteiger partial charge in [-0.05, 0) is 99.0 Å². The lowest BCUT2D eigenvalue weighted by atomic mass is 9.54. The van der Waals surface area contributed by atoms with Crippen LogP contribution in [0, 0.1) is 46.8 Å². The van der Waals surface area contributed by atoms with Crippen LogP contribution in [0.15, 0.2) is 35.1 Å². The standard InChI is InChI=1S/C34H52O6/c1-10-19(4)14-33(9,38)17-28(35)40-27-16-32(8)15-24-20(5)11-12-25-21(6)30(36)31(37)34(25,39)22(7)23(24)13-26(32)29(27)18(2)3/h11,18-19,23-27,29,36,38-39H,7,10,12-17H2,1-6,8-9H3/t19?,23-,24-,25+,26+,27-,29-,32+,33?,34-/m0/s1. The maximum Gasteiger partial charge on any atom is 0.308 e. The van der Waals surface area contributed by atoms with Crippen molar-refractivity contribution >= 4 is 11.8 Å². The maximum atomic E-state index is 13.2. The first-order valence-electron chi connectivity index (χ1n) is 15.4. The summed E-state index contributed by atoms with van der Waals surface area (Å²) >= 11 is 0. The molecular weight excluding hydrogens is 504 g/mol. The second-order valence-corrected chi connectivity index (χ2v) is 14.7. The van der Waals surface area contributed by atoms with Gasteiger partial charge in [0.1, 0.15) is 6.10 Å². The van der Waals surface area contributed by atoms with E-state index in [0.717, 1.165) is 25.7 Å². The van der Waals surface area contributed by atoms with E-state index in [1.54, 1.807) is 13.8 Å². The Morgan fingerprint density at radius 2 is 1.88 bits per heavy atom. The summed E-state index contributed by atoms with van der Waals surface area (Å²) < 4.78 is 6.21. The average molecular weight is 557 g/mol. The van der Waals surface area contributed by atoms with Crippen molar-refractivity contribution in [3.63, 3.8) is 0 Å². The lowest BCUT2D eigenvalue weighted by Crippen LogP contribution is -2.50. The minimum atomic E-state index is -1.79. The number of aliphatic hydroxyl groups excluding tert-OH is 1. The van der Waals surface area contributed by atoms with Crippen molar-refractivity contribution in [3.8, 4) is 0 Å². The van der Waals surface area contributed by atoms with Gasteiger partial charge in [-0.3, -0.25) is 9.59 Å². The molecule has 4 rings (SSSR count). The highest BCUT2D eigenvalue weighted by molar-refractivity contribution is 6.06. The summed E-state index contributed by atoms with van der Waals surface area (Å²) in [5.74, 6) is -0.864. The zero-order valence-electron chi connectivity index (χ0n) is 25.9. The molecule has 40 heavy (non-hydrogen) atoms. The van der Waals surface area contributed by atoms with Gasteiger partial charge < -0.3 is 20.1 Å². The van der Waals surface area contributed by atoms with Gasteiger partial charge >= 0.3 is 5.97 Å². The molecule has 0 aliphatic heterocycles. The smallest absolute Gasteiger partial charge is 0.308 e. The van der Waals surface area contributed by atoms with Crippen molar-refractivity contribution in [3.05, 3.63) is 35.1 Å². The Kier molecular flexibility index (Phi) is 8.32. The van der Waals surface area contributed by atoms with Crippen LogP contribution in [0.5, 0.6) is 0 Å². The molecule has 6 nitrogen and oxygen atoms in total. The summed E-state index contributed by atoms with van der Waals surface area (Å²) in [6, 6.07) is 0. The van der Waals surface area contributed by atoms with Crippen LogP contribution in [-0.2, 0) is 14.3 Å². The molecule has 4 aliphatic carbocycles. The minimum absolute atomic E-state index is 0.0175. The molecule has 3 N–H and O–H groups in total. The number of ketones is 1. The first-order chi connectivity index (χ1) is 18.5. The van der Waals surface area contributed by atoms with E-state index in [-0.39, 0.29) is 59.3 Å². The topological polar surface area (TPSA) is 104 Å². The van der Waals surface area contributed by atoms with Crippen LogP contribution in [0.1, 0.15) is 100 Å². The van der Waals surface area contributed by atoms with E-state index in [2.05, 4.69) is 54.2 Å². The number of Topliss-reactive ketones (excluding diaryl/α,β-unsaturated/α-hetero) is 1. The number of fused-ring (bicyclic) bond motifs is 3. The summed E-state index contributed by atoms with van der Waals surface area (Å²) in [6.45, 7) is 20.8.